The fourth-order valence-electron chi connectivity index (χ4n) is 2.47. The van der Waals surface area contributed by atoms with Crippen molar-refractivity contribution in [3.05, 3.63) is 45.9 Å². The van der Waals surface area contributed by atoms with Gasteiger partial charge in [0.05, 0.1) is 10.9 Å². The first-order valence-electron chi connectivity index (χ1n) is 7.80. The first kappa shape index (κ1) is 15.9. The lowest BCUT2D eigenvalue weighted by Gasteiger charge is -2.15. The van der Waals surface area contributed by atoms with E-state index in [-0.39, 0.29) is 22.6 Å². The number of aromatic nitrogens is 3. The molecule has 7 heteroatoms. The molecule has 1 amide bonds. The molecule has 24 heavy (non-hydrogen) atoms. The molecule has 1 atom stereocenters. The highest BCUT2D eigenvalue weighted by molar-refractivity contribution is 6.00. The Labute approximate surface area is 138 Å². The fraction of sp³-hybridized carbons (Fsp3) is 0.294. The molecule has 3 aromatic rings. The maximum Gasteiger partial charge on any atom is 0.267 e. The molecule has 0 aliphatic carbocycles. The zero-order valence-electron chi connectivity index (χ0n) is 13.8. The van der Waals surface area contributed by atoms with Gasteiger partial charge in [0.2, 0.25) is 0 Å². The molecule has 0 unspecified atom stereocenters. The van der Waals surface area contributed by atoms with Crippen molar-refractivity contribution >= 4 is 28.4 Å². The van der Waals surface area contributed by atoms with Gasteiger partial charge in [-0.15, -0.1) is 0 Å². The lowest BCUT2D eigenvalue weighted by atomic mass is 10.1. The van der Waals surface area contributed by atoms with E-state index in [0.717, 1.165) is 12.0 Å². The van der Waals surface area contributed by atoms with Crippen LogP contribution in [-0.2, 0) is 0 Å². The third-order valence-corrected chi connectivity index (χ3v) is 4.01. The summed E-state index contributed by atoms with van der Waals surface area (Å²) in [6, 6.07) is 5.22. The molecule has 0 spiro atoms. The SMILES string of the molecule is CC[C@@H](C)Nc1nc2nc3ccc(C)cn3c(=O)c2cc1C(N)=O. The summed E-state index contributed by atoms with van der Waals surface area (Å²) in [5, 5.41) is 3.41. The van der Waals surface area contributed by atoms with Crippen molar-refractivity contribution in [3.8, 4) is 0 Å². The first-order valence-corrected chi connectivity index (χ1v) is 7.80. The number of nitrogens with one attached hydrogen (secondary N) is 1. The molecule has 0 fully saturated rings. The highest BCUT2D eigenvalue weighted by atomic mass is 16.1. The molecule has 124 valence electrons. The number of nitrogens with two attached hydrogens (primary N) is 1. The van der Waals surface area contributed by atoms with Crippen molar-refractivity contribution in [2.75, 3.05) is 5.32 Å². The molecule has 0 saturated heterocycles. The standard InChI is InChI=1S/C17H19N5O2/c1-4-10(3)19-15-11(14(18)23)7-12-16(21-15)20-13-6-5-9(2)8-22(13)17(12)24/h5-8,10H,4H2,1-3H3,(H2,18,23)(H,19,21)/t10-/m1/s1. The Morgan fingerprint density at radius 1 is 1.38 bits per heavy atom. The van der Waals surface area contributed by atoms with Gasteiger partial charge in [-0.1, -0.05) is 13.0 Å². The summed E-state index contributed by atoms with van der Waals surface area (Å²) in [6.07, 6.45) is 2.56. The van der Waals surface area contributed by atoms with Gasteiger partial charge in [0, 0.05) is 12.2 Å². The lowest BCUT2D eigenvalue weighted by molar-refractivity contribution is 0.100. The van der Waals surface area contributed by atoms with E-state index in [9.17, 15) is 9.59 Å². The van der Waals surface area contributed by atoms with Crippen LogP contribution in [0.1, 0.15) is 36.2 Å². The van der Waals surface area contributed by atoms with E-state index in [2.05, 4.69) is 15.3 Å². The van der Waals surface area contributed by atoms with Gasteiger partial charge in [-0.25, -0.2) is 9.97 Å². The number of anilines is 1. The predicted molar refractivity (Wildman–Crippen MR) is 93.4 cm³/mol. The van der Waals surface area contributed by atoms with Crippen LogP contribution >= 0.6 is 0 Å². The number of carbonyl (C=O) groups is 1. The van der Waals surface area contributed by atoms with Crippen LogP contribution in [0.4, 0.5) is 5.82 Å². The number of pyridine rings is 2. The molecule has 3 rings (SSSR count). The molecule has 0 aliphatic heterocycles. The Bertz CT molecular complexity index is 1010. The van der Waals surface area contributed by atoms with Gasteiger partial charge in [0.25, 0.3) is 11.5 Å². The van der Waals surface area contributed by atoms with E-state index in [0.29, 0.717) is 17.1 Å². The zero-order valence-corrected chi connectivity index (χ0v) is 13.8. The number of rotatable bonds is 4. The maximum atomic E-state index is 12.7. The summed E-state index contributed by atoms with van der Waals surface area (Å²) in [5.74, 6) is -0.281. The molecule has 0 bridgehead atoms. The summed E-state index contributed by atoms with van der Waals surface area (Å²) in [5.41, 5.74) is 7.11. The molecule has 0 aliphatic rings. The summed E-state index contributed by atoms with van der Waals surface area (Å²) < 4.78 is 1.45. The van der Waals surface area contributed by atoms with Crippen molar-refractivity contribution in [1.29, 1.82) is 0 Å². The lowest BCUT2D eigenvalue weighted by Crippen LogP contribution is -2.23. The molecule has 0 aromatic carbocycles. The van der Waals surface area contributed by atoms with Gasteiger partial charge >= 0.3 is 0 Å². The molecule has 7 nitrogen and oxygen atoms in total. The Morgan fingerprint density at radius 3 is 2.79 bits per heavy atom. The number of carbonyl (C=O) groups excluding carboxylic acids is 1. The van der Waals surface area contributed by atoms with E-state index < -0.39 is 5.91 Å². The minimum atomic E-state index is -0.635. The fourth-order valence-corrected chi connectivity index (χ4v) is 2.47. The second kappa shape index (κ2) is 5.92. The topological polar surface area (TPSA) is 102 Å². The molecule has 3 heterocycles. The Kier molecular flexibility index (Phi) is 3.92. The summed E-state index contributed by atoms with van der Waals surface area (Å²) in [4.78, 5) is 33.3. The van der Waals surface area contributed by atoms with Crippen molar-refractivity contribution < 1.29 is 4.79 Å². The average Bonchev–Trinajstić information content (AvgIpc) is 2.55. The third kappa shape index (κ3) is 2.68. The van der Waals surface area contributed by atoms with Crippen LogP contribution in [0.5, 0.6) is 0 Å². The van der Waals surface area contributed by atoms with Crippen molar-refractivity contribution in [2.24, 2.45) is 5.73 Å². The molecule has 0 saturated carbocycles. The molecular weight excluding hydrogens is 306 g/mol. The Balaban J connectivity index is 2.33. The smallest absolute Gasteiger partial charge is 0.267 e. The maximum absolute atomic E-state index is 12.7. The molecular formula is C17H19N5O2. The Morgan fingerprint density at radius 2 is 2.12 bits per heavy atom. The third-order valence-electron chi connectivity index (χ3n) is 4.01. The zero-order chi connectivity index (χ0) is 17.4. The van der Waals surface area contributed by atoms with Crippen LogP contribution in [0.15, 0.2) is 29.2 Å². The number of hydrogen-bond donors (Lipinski definition) is 2. The van der Waals surface area contributed by atoms with Crippen LogP contribution in [0.2, 0.25) is 0 Å². The monoisotopic (exact) mass is 325 g/mol. The van der Waals surface area contributed by atoms with Crippen LogP contribution in [0, 0.1) is 6.92 Å². The van der Waals surface area contributed by atoms with E-state index in [1.54, 1.807) is 12.3 Å². The van der Waals surface area contributed by atoms with Crippen LogP contribution in [0.25, 0.3) is 16.7 Å². The van der Waals surface area contributed by atoms with E-state index in [1.165, 1.54) is 10.5 Å². The average molecular weight is 325 g/mol. The predicted octanol–water partition coefficient (Wildman–Crippen LogP) is 1.86. The minimum absolute atomic E-state index is 0.109. The van der Waals surface area contributed by atoms with Gasteiger partial charge < -0.3 is 11.1 Å². The van der Waals surface area contributed by atoms with Crippen LogP contribution in [0.3, 0.4) is 0 Å². The number of nitrogens with zero attached hydrogens (tertiary/aromatic N) is 3. The number of amides is 1. The second-order valence-corrected chi connectivity index (χ2v) is 5.93. The van der Waals surface area contributed by atoms with Gasteiger partial charge in [0.15, 0.2) is 5.65 Å². The largest absolute Gasteiger partial charge is 0.367 e. The van der Waals surface area contributed by atoms with Gasteiger partial charge in [0.1, 0.15) is 11.5 Å². The van der Waals surface area contributed by atoms with Gasteiger partial charge in [-0.05, 0) is 38.0 Å². The Hall–Kier alpha value is -2.96. The highest BCUT2D eigenvalue weighted by Gasteiger charge is 2.16. The van der Waals surface area contributed by atoms with Crippen LogP contribution < -0.4 is 16.6 Å². The molecule has 0 radical (unpaired) electrons. The molecule has 3 N–H and O–H groups in total. The van der Waals surface area contributed by atoms with Crippen molar-refractivity contribution in [2.45, 2.75) is 33.2 Å². The summed E-state index contributed by atoms with van der Waals surface area (Å²) in [6.45, 7) is 5.88. The number of primary amides is 1. The second-order valence-electron chi connectivity index (χ2n) is 5.93. The quantitative estimate of drug-likeness (QED) is 0.713. The highest BCUT2D eigenvalue weighted by Crippen LogP contribution is 2.19. The summed E-state index contributed by atoms with van der Waals surface area (Å²) in [7, 11) is 0. The van der Waals surface area contributed by atoms with Crippen LogP contribution in [-0.4, -0.2) is 26.3 Å². The number of aryl methyl sites for hydroxylation is 1. The first-order chi connectivity index (χ1) is 11.4. The van der Waals surface area contributed by atoms with E-state index >= 15 is 0 Å². The normalized spacial score (nSPS) is 12.5. The van der Waals surface area contributed by atoms with Crippen molar-refractivity contribution in [1.82, 2.24) is 14.4 Å². The van der Waals surface area contributed by atoms with E-state index in [1.807, 2.05) is 26.8 Å². The summed E-state index contributed by atoms with van der Waals surface area (Å²) >= 11 is 0. The minimum Gasteiger partial charge on any atom is -0.367 e. The molecule has 3 aromatic heterocycles. The van der Waals surface area contributed by atoms with Gasteiger partial charge in [-0.2, -0.15) is 0 Å². The number of hydrogen-bond acceptors (Lipinski definition) is 5. The van der Waals surface area contributed by atoms with E-state index in [4.69, 9.17) is 5.73 Å². The van der Waals surface area contributed by atoms with Crippen molar-refractivity contribution in [3.63, 3.8) is 0 Å². The van der Waals surface area contributed by atoms with Gasteiger partial charge in [-0.3, -0.25) is 14.0 Å². The number of fused-ring (bicyclic) bond motifs is 2.